The Morgan fingerprint density at radius 1 is 1.12 bits per heavy atom. The van der Waals surface area contributed by atoms with Crippen molar-refractivity contribution in [3.63, 3.8) is 0 Å². The lowest BCUT2D eigenvalue weighted by Crippen LogP contribution is -2.46. The van der Waals surface area contributed by atoms with E-state index in [0.29, 0.717) is 12.0 Å². The average Bonchev–Trinajstić information content (AvgIpc) is 3.23. The van der Waals surface area contributed by atoms with Gasteiger partial charge in [0.1, 0.15) is 12.2 Å². The molecule has 24 heavy (non-hydrogen) atoms. The number of hydrogen-bond acceptors (Lipinski definition) is 5. The minimum atomic E-state index is 0.627. The van der Waals surface area contributed by atoms with Crippen molar-refractivity contribution in [2.24, 2.45) is 5.92 Å². The minimum Gasteiger partial charge on any atom is -0.379 e. The molecule has 4 rings (SSSR count). The zero-order valence-corrected chi connectivity index (χ0v) is 14.2. The van der Waals surface area contributed by atoms with Crippen LogP contribution in [-0.2, 0) is 11.3 Å². The summed E-state index contributed by atoms with van der Waals surface area (Å²) in [6.45, 7) is 9.28. The number of hydrogen-bond donors (Lipinski definition) is 0. The van der Waals surface area contributed by atoms with Crippen LogP contribution in [0, 0.1) is 5.92 Å². The summed E-state index contributed by atoms with van der Waals surface area (Å²) in [5, 5.41) is 4.41. The lowest BCUT2D eigenvalue weighted by molar-refractivity contribution is 0.0117. The minimum absolute atomic E-state index is 0.627. The van der Waals surface area contributed by atoms with Crippen molar-refractivity contribution in [3.8, 4) is 5.69 Å². The molecule has 3 heterocycles. The van der Waals surface area contributed by atoms with Gasteiger partial charge in [0.25, 0.3) is 0 Å². The van der Waals surface area contributed by atoms with Gasteiger partial charge in [0.2, 0.25) is 0 Å². The van der Waals surface area contributed by atoms with Gasteiger partial charge in [-0.2, -0.15) is 5.10 Å². The van der Waals surface area contributed by atoms with Crippen LogP contribution in [0.4, 0.5) is 0 Å². The maximum absolute atomic E-state index is 5.49. The van der Waals surface area contributed by atoms with E-state index < -0.39 is 0 Å². The monoisotopic (exact) mass is 327 g/mol. The molecule has 2 aliphatic heterocycles. The van der Waals surface area contributed by atoms with Crippen LogP contribution in [-0.4, -0.2) is 70.0 Å². The Kier molecular flexibility index (Phi) is 4.60. The number of rotatable bonds is 4. The third-order valence-corrected chi connectivity index (χ3v) is 5.15. The third-order valence-electron chi connectivity index (χ3n) is 5.15. The lowest BCUT2D eigenvalue weighted by atomic mass is 10.0. The molecule has 1 aromatic heterocycles. The largest absolute Gasteiger partial charge is 0.379 e. The maximum Gasteiger partial charge on any atom is 0.146 e. The van der Waals surface area contributed by atoms with Crippen molar-refractivity contribution in [3.05, 3.63) is 42.5 Å². The Balaban J connectivity index is 1.44. The van der Waals surface area contributed by atoms with E-state index in [1.807, 2.05) is 22.9 Å². The number of ether oxygens (including phenoxy) is 1. The second-order valence-electron chi connectivity index (χ2n) is 6.81. The first-order chi connectivity index (χ1) is 11.8. The first-order valence-electron chi connectivity index (χ1n) is 8.80. The van der Waals surface area contributed by atoms with Gasteiger partial charge in [-0.3, -0.25) is 9.80 Å². The molecule has 2 fully saturated rings. The van der Waals surface area contributed by atoms with Crippen molar-refractivity contribution >= 4 is 0 Å². The molecule has 0 aliphatic carbocycles. The highest BCUT2D eigenvalue weighted by Gasteiger charge is 2.34. The van der Waals surface area contributed by atoms with E-state index in [0.717, 1.165) is 57.4 Å². The summed E-state index contributed by atoms with van der Waals surface area (Å²) >= 11 is 0. The zero-order valence-electron chi connectivity index (χ0n) is 14.2. The number of aromatic nitrogens is 3. The predicted molar refractivity (Wildman–Crippen MR) is 92.0 cm³/mol. The normalized spacial score (nSPS) is 26.0. The van der Waals surface area contributed by atoms with Crippen LogP contribution < -0.4 is 0 Å². The number of benzene rings is 1. The van der Waals surface area contributed by atoms with E-state index in [4.69, 9.17) is 4.74 Å². The number of morpholine rings is 1. The second kappa shape index (κ2) is 7.01. The highest BCUT2D eigenvalue weighted by atomic mass is 16.5. The van der Waals surface area contributed by atoms with Crippen LogP contribution in [0.25, 0.3) is 5.69 Å². The topological polar surface area (TPSA) is 46.4 Å². The molecule has 0 spiro atoms. The van der Waals surface area contributed by atoms with Crippen molar-refractivity contribution in [1.82, 2.24) is 24.6 Å². The van der Waals surface area contributed by atoms with Gasteiger partial charge in [0.15, 0.2) is 0 Å². The van der Waals surface area contributed by atoms with Crippen molar-refractivity contribution in [1.29, 1.82) is 0 Å². The Morgan fingerprint density at radius 2 is 1.92 bits per heavy atom. The van der Waals surface area contributed by atoms with E-state index in [-0.39, 0.29) is 0 Å². The van der Waals surface area contributed by atoms with E-state index in [1.165, 1.54) is 0 Å². The maximum atomic E-state index is 5.49. The fourth-order valence-electron chi connectivity index (χ4n) is 3.92. The molecular weight excluding hydrogens is 302 g/mol. The van der Waals surface area contributed by atoms with E-state index in [1.54, 1.807) is 6.33 Å². The van der Waals surface area contributed by atoms with Crippen LogP contribution in [0.15, 0.2) is 36.7 Å². The Morgan fingerprint density at radius 3 is 2.71 bits per heavy atom. The molecule has 0 amide bonds. The number of para-hydroxylation sites is 1. The summed E-state index contributed by atoms with van der Waals surface area (Å²) in [7, 11) is 0. The molecule has 2 saturated heterocycles. The molecular formula is C18H25N5O. The first-order valence-corrected chi connectivity index (χ1v) is 8.80. The third kappa shape index (κ3) is 3.22. The molecule has 1 aromatic carbocycles. The van der Waals surface area contributed by atoms with Gasteiger partial charge in [-0.15, -0.1) is 0 Å². The van der Waals surface area contributed by atoms with Crippen molar-refractivity contribution < 1.29 is 4.74 Å². The SMILES string of the molecule is C[C@H]1CN(Cc2ncnn2-c2ccccc2)C[C@H]1N1CCOCC1. The van der Waals surface area contributed by atoms with Crippen LogP contribution in [0.1, 0.15) is 12.7 Å². The van der Waals surface area contributed by atoms with Crippen LogP contribution >= 0.6 is 0 Å². The molecule has 128 valence electrons. The summed E-state index contributed by atoms with van der Waals surface area (Å²) in [5.74, 6) is 1.69. The smallest absolute Gasteiger partial charge is 0.146 e. The van der Waals surface area contributed by atoms with E-state index in [2.05, 4.69) is 38.9 Å². The zero-order chi connectivity index (χ0) is 16.4. The van der Waals surface area contributed by atoms with Crippen molar-refractivity contribution in [2.45, 2.75) is 19.5 Å². The summed E-state index contributed by atoms with van der Waals surface area (Å²) in [6.07, 6.45) is 1.65. The fraction of sp³-hybridized carbons (Fsp3) is 0.556. The Labute approximate surface area is 143 Å². The highest BCUT2D eigenvalue weighted by molar-refractivity contribution is 5.30. The highest BCUT2D eigenvalue weighted by Crippen LogP contribution is 2.24. The molecule has 0 unspecified atom stereocenters. The summed E-state index contributed by atoms with van der Waals surface area (Å²) < 4.78 is 7.45. The van der Waals surface area contributed by atoms with Crippen LogP contribution in [0.3, 0.4) is 0 Å². The van der Waals surface area contributed by atoms with Gasteiger partial charge in [-0.1, -0.05) is 25.1 Å². The first kappa shape index (κ1) is 15.7. The van der Waals surface area contributed by atoms with Gasteiger partial charge in [0, 0.05) is 32.2 Å². The molecule has 0 radical (unpaired) electrons. The summed E-state index contributed by atoms with van der Waals surface area (Å²) in [4.78, 5) is 9.60. The number of likely N-dealkylation sites (tertiary alicyclic amines) is 1. The fourth-order valence-corrected chi connectivity index (χ4v) is 3.92. The quantitative estimate of drug-likeness (QED) is 0.850. The number of nitrogens with zero attached hydrogens (tertiary/aromatic N) is 5. The summed E-state index contributed by atoms with van der Waals surface area (Å²) in [5.41, 5.74) is 1.07. The van der Waals surface area contributed by atoms with Gasteiger partial charge >= 0.3 is 0 Å². The lowest BCUT2D eigenvalue weighted by Gasteiger charge is -2.34. The van der Waals surface area contributed by atoms with Gasteiger partial charge in [0.05, 0.1) is 25.4 Å². The molecule has 2 atom stereocenters. The predicted octanol–water partition coefficient (Wildman–Crippen LogP) is 1.42. The molecule has 0 N–H and O–H groups in total. The molecule has 0 saturated carbocycles. The van der Waals surface area contributed by atoms with Gasteiger partial charge < -0.3 is 4.74 Å². The Hall–Kier alpha value is -1.76. The van der Waals surface area contributed by atoms with Crippen molar-refractivity contribution in [2.75, 3.05) is 39.4 Å². The average molecular weight is 327 g/mol. The summed E-state index contributed by atoms with van der Waals surface area (Å²) in [6, 6.07) is 10.9. The molecule has 6 nitrogen and oxygen atoms in total. The van der Waals surface area contributed by atoms with E-state index >= 15 is 0 Å². The molecule has 0 bridgehead atoms. The van der Waals surface area contributed by atoms with Crippen LogP contribution in [0.5, 0.6) is 0 Å². The van der Waals surface area contributed by atoms with Gasteiger partial charge in [-0.25, -0.2) is 9.67 Å². The molecule has 2 aliphatic rings. The Bertz CT molecular complexity index is 652. The second-order valence-corrected chi connectivity index (χ2v) is 6.81. The standard InChI is InChI=1S/C18H25N5O/c1-15-11-21(12-17(15)22-7-9-24-10-8-22)13-18-19-14-20-23(18)16-5-3-2-4-6-16/h2-6,14-15,17H,7-13H2,1H3/t15-,17+/m0/s1. The van der Waals surface area contributed by atoms with E-state index in [9.17, 15) is 0 Å². The molecule has 2 aromatic rings. The van der Waals surface area contributed by atoms with Gasteiger partial charge in [-0.05, 0) is 18.1 Å². The molecule has 6 heteroatoms. The van der Waals surface area contributed by atoms with Crippen LogP contribution in [0.2, 0.25) is 0 Å².